The van der Waals surface area contributed by atoms with Crippen LogP contribution in [-0.2, 0) is 4.79 Å². The third-order valence-corrected chi connectivity index (χ3v) is 5.91. The Bertz CT molecular complexity index is 258. The van der Waals surface area contributed by atoms with Gasteiger partial charge < -0.3 is 4.79 Å². The largest absolute Gasteiger partial charge is 0.303 e. The lowest BCUT2D eigenvalue weighted by atomic mass is 9.71. The van der Waals surface area contributed by atoms with Gasteiger partial charge in [-0.1, -0.05) is 13.8 Å². The fourth-order valence-electron chi connectivity index (χ4n) is 4.86. The standard InChI is InChI=1S/C12H18O/c1-11(4-3-5-13)8-6-9-10(7-8)12(9,11)2/h5,8-10H,3-4,6-7H2,1-2H3/t8?,9-,10?,11+,12?/m0/s1. The summed E-state index contributed by atoms with van der Waals surface area (Å²) >= 11 is 0. The van der Waals surface area contributed by atoms with Crippen LogP contribution in [0.2, 0.25) is 0 Å². The van der Waals surface area contributed by atoms with Crippen LogP contribution in [0.3, 0.4) is 0 Å². The molecule has 0 saturated heterocycles. The van der Waals surface area contributed by atoms with E-state index in [-0.39, 0.29) is 0 Å². The first kappa shape index (κ1) is 8.02. The summed E-state index contributed by atoms with van der Waals surface area (Å²) in [5.74, 6) is 3.02. The Morgan fingerprint density at radius 3 is 2.31 bits per heavy atom. The molecule has 0 aromatic carbocycles. The lowest BCUT2D eigenvalue weighted by Gasteiger charge is -2.33. The third-order valence-electron chi connectivity index (χ3n) is 5.91. The minimum Gasteiger partial charge on any atom is -0.303 e. The molecule has 0 aromatic heterocycles. The van der Waals surface area contributed by atoms with Gasteiger partial charge >= 0.3 is 0 Å². The topological polar surface area (TPSA) is 17.1 Å². The third kappa shape index (κ3) is 0.628. The Labute approximate surface area is 79.9 Å². The van der Waals surface area contributed by atoms with Crippen molar-refractivity contribution in [3.05, 3.63) is 0 Å². The summed E-state index contributed by atoms with van der Waals surface area (Å²) < 4.78 is 0. The van der Waals surface area contributed by atoms with Crippen molar-refractivity contribution in [2.24, 2.45) is 28.6 Å². The van der Waals surface area contributed by atoms with Gasteiger partial charge in [-0.3, -0.25) is 0 Å². The minimum atomic E-state index is 0.517. The molecule has 3 unspecified atom stereocenters. The van der Waals surface area contributed by atoms with Crippen molar-refractivity contribution in [1.82, 2.24) is 0 Å². The van der Waals surface area contributed by atoms with Gasteiger partial charge in [0.2, 0.25) is 0 Å². The molecule has 0 N–H and O–H groups in total. The quantitative estimate of drug-likeness (QED) is 0.607. The van der Waals surface area contributed by atoms with Gasteiger partial charge in [-0.25, -0.2) is 0 Å². The Morgan fingerprint density at radius 1 is 1.31 bits per heavy atom. The van der Waals surface area contributed by atoms with Gasteiger partial charge in [0.05, 0.1) is 0 Å². The highest BCUT2D eigenvalue weighted by atomic mass is 16.1. The Kier molecular flexibility index (Phi) is 1.24. The maximum atomic E-state index is 10.4. The first-order valence-corrected chi connectivity index (χ1v) is 5.58. The molecule has 4 saturated carbocycles. The normalized spacial score (nSPS) is 61.2. The molecule has 4 rings (SSSR count). The Balaban J connectivity index is 1.88. The maximum Gasteiger partial charge on any atom is 0.120 e. The van der Waals surface area contributed by atoms with Crippen LogP contribution in [0.15, 0.2) is 0 Å². The number of carbonyl (C=O) groups excluding carboxylic acids is 1. The summed E-state index contributed by atoms with van der Waals surface area (Å²) in [4.78, 5) is 10.4. The monoisotopic (exact) mass is 178 g/mol. The Hall–Kier alpha value is -0.330. The predicted octanol–water partition coefficient (Wildman–Crippen LogP) is 2.65. The lowest BCUT2D eigenvalue weighted by molar-refractivity contribution is -0.108. The van der Waals surface area contributed by atoms with Gasteiger partial charge in [0, 0.05) is 6.42 Å². The molecule has 5 atom stereocenters. The number of rotatable bonds is 3. The van der Waals surface area contributed by atoms with E-state index in [0.717, 1.165) is 36.9 Å². The van der Waals surface area contributed by atoms with Gasteiger partial charge in [-0.2, -0.15) is 0 Å². The van der Waals surface area contributed by atoms with E-state index in [4.69, 9.17) is 0 Å². The SMILES string of the molecule is CC12C3CC(C[C@@H]31)[C@@]2(C)CCC=O. The summed E-state index contributed by atoms with van der Waals surface area (Å²) in [6, 6.07) is 0. The predicted molar refractivity (Wildman–Crippen MR) is 51.2 cm³/mol. The van der Waals surface area contributed by atoms with Gasteiger partial charge in [0.25, 0.3) is 0 Å². The van der Waals surface area contributed by atoms with E-state index in [1.807, 2.05) is 0 Å². The highest BCUT2D eigenvalue weighted by molar-refractivity contribution is 5.49. The molecule has 0 amide bonds. The molecule has 0 aliphatic heterocycles. The highest BCUT2D eigenvalue weighted by Crippen LogP contribution is 2.86. The van der Waals surface area contributed by atoms with Crippen LogP contribution in [0.5, 0.6) is 0 Å². The molecule has 0 aromatic rings. The van der Waals surface area contributed by atoms with Crippen LogP contribution < -0.4 is 0 Å². The summed E-state index contributed by atoms with van der Waals surface area (Å²) in [5, 5.41) is 0. The van der Waals surface area contributed by atoms with Crippen LogP contribution >= 0.6 is 0 Å². The lowest BCUT2D eigenvalue weighted by Crippen LogP contribution is -2.27. The van der Waals surface area contributed by atoms with Gasteiger partial charge in [-0.15, -0.1) is 0 Å². The van der Waals surface area contributed by atoms with E-state index >= 15 is 0 Å². The van der Waals surface area contributed by atoms with Crippen molar-refractivity contribution in [3.63, 3.8) is 0 Å². The highest BCUT2D eigenvalue weighted by Gasteiger charge is 2.80. The van der Waals surface area contributed by atoms with Crippen LogP contribution in [-0.4, -0.2) is 6.29 Å². The van der Waals surface area contributed by atoms with E-state index in [9.17, 15) is 4.79 Å². The molecule has 4 aliphatic carbocycles. The zero-order chi connectivity index (χ0) is 9.27. The molecule has 1 heteroatoms. The Morgan fingerprint density at radius 2 is 1.92 bits per heavy atom. The second kappa shape index (κ2) is 2.02. The average Bonchev–Trinajstić information content (AvgIpc) is 2.54. The molecular weight excluding hydrogens is 160 g/mol. The van der Waals surface area contributed by atoms with Gasteiger partial charge in [0.1, 0.15) is 6.29 Å². The van der Waals surface area contributed by atoms with Crippen molar-refractivity contribution < 1.29 is 4.79 Å². The molecule has 1 nitrogen and oxygen atoms in total. The molecule has 4 bridgehead atoms. The first-order valence-electron chi connectivity index (χ1n) is 5.58. The summed E-state index contributed by atoms with van der Waals surface area (Å²) in [6.07, 6.45) is 5.96. The van der Waals surface area contributed by atoms with Crippen LogP contribution in [0.25, 0.3) is 0 Å². The van der Waals surface area contributed by atoms with E-state index in [0.29, 0.717) is 10.8 Å². The van der Waals surface area contributed by atoms with E-state index in [1.54, 1.807) is 0 Å². The molecule has 4 fully saturated rings. The molecule has 0 heterocycles. The maximum absolute atomic E-state index is 10.4. The first-order chi connectivity index (χ1) is 6.14. The number of hydrogen-bond acceptors (Lipinski definition) is 1. The van der Waals surface area contributed by atoms with Crippen LogP contribution in [0.4, 0.5) is 0 Å². The molecule has 0 spiro atoms. The van der Waals surface area contributed by atoms with Gasteiger partial charge in [0.15, 0.2) is 0 Å². The van der Waals surface area contributed by atoms with Crippen LogP contribution in [0, 0.1) is 28.6 Å². The molecule has 13 heavy (non-hydrogen) atoms. The van der Waals surface area contributed by atoms with Crippen LogP contribution in [0.1, 0.15) is 39.5 Å². The zero-order valence-electron chi connectivity index (χ0n) is 8.55. The summed E-state index contributed by atoms with van der Waals surface area (Å²) in [6.45, 7) is 4.91. The second-order valence-corrected chi connectivity index (χ2v) is 5.79. The van der Waals surface area contributed by atoms with Gasteiger partial charge in [-0.05, 0) is 47.8 Å². The fraction of sp³-hybridized carbons (Fsp3) is 0.917. The zero-order valence-corrected chi connectivity index (χ0v) is 8.55. The molecule has 72 valence electrons. The summed E-state index contributed by atoms with van der Waals surface area (Å²) in [5.41, 5.74) is 1.16. The van der Waals surface area contributed by atoms with Crippen molar-refractivity contribution in [3.8, 4) is 0 Å². The van der Waals surface area contributed by atoms with Crippen molar-refractivity contribution >= 4 is 6.29 Å². The fourth-order valence-corrected chi connectivity index (χ4v) is 4.86. The van der Waals surface area contributed by atoms with Crippen molar-refractivity contribution in [1.29, 1.82) is 0 Å². The molecule has 4 aliphatic rings. The second-order valence-electron chi connectivity index (χ2n) is 5.79. The minimum absolute atomic E-state index is 0.517. The van der Waals surface area contributed by atoms with E-state index < -0.39 is 0 Å². The van der Waals surface area contributed by atoms with Crippen molar-refractivity contribution in [2.75, 3.05) is 0 Å². The number of aldehydes is 1. The average molecular weight is 178 g/mol. The number of carbonyl (C=O) groups is 1. The molecule has 0 radical (unpaired) electrons. The van der Waals surface area contributed by atoms with E-state index in [2.05, 4.69) is 13.8 Å². The van der Waals surface area contributed by atoms with Crippen molar-refractivity contribution in [2.45, 2.75) is 39.5 Å². The molecular formula is C12H18O. The van der Waals surface area contributed by atoms with E-state index in [1.165, 1.54) is 12.8 Å². The summed E-state index contributed by atoms with van der Waals surface area (Å²) in [7, 11) is 0. The number of hydrogen-bond donors (Lipinski definition) is 0. The smallest absolute Gasteiger partial charge is 0.120 e.